The van der Waals surface area contributed by atoms with Gasteiger partial charge in [0.1, 0.15) is 0 Å². The number of nitrogens with zero attached hydrogens (tertiary/aromatic N) is 2. The van der Waals surface area contributed by atoms with Crippen LogP contribution in [-0.2, 0) is 6.54 Å². The number of anilines is 2. The highest BCUT2D eigenvalue weighted by atomic mass is 32.1. The van der Waals surface area contributed by atoms with Crippen molar-refractivity contribution in [3.05, 3.63) is 59.0 Å². The molecule has 1 heterocycles. The second-order valence-electron chi connectivity index (χ2n) is 5.53. The number of benzene rings is 2. The molecule has 0 saturated carbocycles. The highest BCUT2D eigenvalue weighted by molar-refractivity contribution is 7.09. The summed E-state index contributed by atoms with van der Waals surface area (Å²) in [6.07, 6.45) is 1.65. The van der Waals surface area contributed by atoms with Crippen molar-refractivity contribution in [1.29, 1.82) is 0 Å². The van der Waals surface area contributed by atoms with Gasteiger partial charge in [-0.2, -0.15) is 17.6 Å². The minimum absolute atomic E-state index is 0.203. The second kappa shape index (κ2) is 9.43. The summed E-state index contributed by atoms with van der Waals surface area (Å²) in [5.74, 6) is -0.831. The van der Waals surface area contributed by atoms with E-state index in [-0.39, 0.29) is 5.75 Å². The molecular weight excluding hydrogens is 416 g/mol. The van der Waals surface area contributed by atoms with E-state index < -0.39 is 24.7 Å². The minimum Gasteiger partial charge on any atom is -0.431 e. The molecule has 3 aromatic rings. The molecule has 1 N–H and O–H groups in total. The maximum Gasteiger partial charge on any atom is 0.387 e. The second-order valence-corrected chi connectivity index (χ2v) is 6.50. The van der Waals surface area contributed by atoms with Gasteiger partial charge in [-0.15, -0.1) is 11.3 Å². The van der Waals surface area contributed by atoms with Crippen LogP contribution >= 0.6 is 11.3 Å². The highest BCUT2D eigenvalue weighted by Gasteiger charge is 2.19. The van der Waals surface area contributed by atoms with Gasteiger partial charge in [-0.05, 0) is 36.4 Å². The van der Waals surface area contributed by atoms with Gasteiger partial charge >= 0.3 is 13.2 Å². The molecule has 0 aliphatic rings. The lowest BCUT2D eigenvalue weighted by molar-refractivity contribution is -0.137. The summed E-state index contributed by atoms with van der Waals surface area (Å²) in [5, 5.41) is 8.73. The van der Waals surface area contributed by atoms with Crippen LogP contribution in [-0.4, -0.2) is 23.5 Å². The molecule has 0 atom stereocenters. The van der Waals surface area contributed by atoms with Gasteiger partial charge in [0.15, 0.2) is 17.2 Å². The molecule has 6 nitrogen and oxygen atoms in total. The van der Waals surface area contributed by atoms with Gasteiger partial charge in [0.2, 0.25) is 0 Å². The molecule has 0 aliphatic carbocycles. The van der Waals surface area contributed by atoms with Crippen molar-refractivity contribution in [1.82, 2.24) is 4.98 Å². The van der Waals surface area contributed by atoms with E-state index in [1.165, 1.54) is 35.6 Å². The smallest absolute Gasteiger partial charge is 0.387 e. The topological polar surface area (TPSA) is 64.1 Å². The SMILES string of the molecule is OOc1ccc(N(Cc2cncs2)c2ccc(OC(F)F)c(OC(F)F)c2)cc1. The van der Waals surface area contributed by atoms with Crippen molar-refractivity contribution in [3.8, 4) is 17.2 Å². The van der Waals surface area contributed by atoms with Gasteiger partial charge in [-0.3, -0.25) is 4.98 Å². The highest BCUT2D eigenvalue weighted by Crippen LogP contribution is 2.38. The summed E-state index contributed by atoms with van der Waals surface area (Å²) in [4.78, 5) is 10.7. The number of rotatable bonds is 9. The van der Waals surface area contributed by atoms with Crippen LogP contribution in [0.15, 0.2) is 54.2 Å². The third kappa shape index (κ3) is 5.48. The van der Waals surface area contributed by atoms with E-state index in [1.54, 1.807) is 28.7 Å². The van der Waals surface area contributed by atoms with Crippen LogP contribution in [0, 0.1) is 0 Å². The van der Waals surface area contributed by atoms with Gasteiger partial charge < -0.3 is 19.3 Å². The number of hydrogen-bond donors (Lipinski definition) is 1. The zero-order valence-electron chi connectivity index (χ0n) is 14.5. The summed E-state index contributed by atoms with van der Waals surface area (Å²) in [7, 11) is 0. The molecule has 0 fully saturated rings. The van der Waals surface area contributed by atoms with E-state index in [2.05, 4.69) is 19.3 Å². The molecule has 154 valence electrons. The molecule has 0 amide bonds. The first kappa shape index (κ1) is 20.7. The van der Waals surface area contributed by atoms with E-state index in [0.717, 1.165) is 10.9 Å². The third-order valence-electron chi connectivity index (χ3n) is 3.72. The average molecular weight is 430 g/mol. The molecule has 0 radical (unpaired) electrons. The maximum atomic E-state index is 12.8. The lowest BCUT2D eigenvalue weighted by Crippen LogP contribution is -2.16. The summed E-state index contributed by atoms with van der Waals surface area (Å²) >= 11 is 1.38. The molecule has 11 heteroatoms. The largest absolute Gasteiger partial charge is 0.431 e. The maximum absolute atomic E-state index is 12.8. The Bertz CT molecular complexity index is 911. The molecule has 0 spiro atoms. The monoisotopic (exact) mass is 430 g/mol. The molecule has 1 aromatic heterocycles. The van der Waals surface area contributed by atoms with Crippen molar-refractivity contribution in [2.24, 2.45) is 0 Å². The van der Waals surface area contributed by atoms with Gasteiger partial charge in [0.05, 0.1) is 12.1 Å². The van der Waals surface area contributed by atoms with Crippen LogP contribution in [0.25, 0.3) is 0 Å². The Labute approximate surface area is 166 Å². The van der Waals surface area contributed by atoms with Crippen molar-refractivity contribution in [2.75, 3.05) is 4.90 Å². The first-order valence-corrected chi connectivity index (χ1v) is 8.94. The normalized spacial score (nSPS) is 11.0. The fourth-order valence-electron chi connectivity index (χ4n) is 2.54. The van der Waals surface area contributed by atoms with E-state index in [9.17, 15) is 17.6 Å². The van der Waals surface area contributed by atoms with E-state index in [4.69, 9.17) is 5.26 Å². The predicted octanol–water partition coefficient (Wildman–Crippen LogP) is 5.54. The van der Waals surface area contributed by atoms with Crippen LogP contribution in [0.5, 0.6) is 17.2 Å². The molecule has 2 aromatic carbocycles. The van der Waals surface area contributed by atoms with Crippen LogP contribution in [0.3, 0.4) is 0 Å². The number of hydrogen-bond acceptors (Lipinski definition) is 7. The predicted molar refractivity (Wildman–Crippen MR) is 97.4 cm³/mol. The number of thiazole rings is 1. The van der Waals surface area contributed by atoms with Gasteiger partial charge in [0, 0.05) is 28.5 Å². The zero-order valence-corrected chi connectivity index (χ0v) is 15.4. The Morgan fingerprint density at radius 3 is 2.17 bits per heavy atom. The first-order valence-electron chi connectivity index (χ1n) is 8.06. The molecule has 3 rings (SSSR count). The van der Waals surface area contributed by atoms with E-state index in [0.29, 0.717) is 17.9 Å². The summed E-state index contributed by atoms with van der Waals surface area (Å²) in [5.41, 5.74) is 2.64. The fourth-order valence-corrected chi connectivity index (χ4v) is 3.12. The Morgan fingerprint density at radius 2 is 1.59 bits per heavy atom. The zero-order chi connectivity index (χ0) is 20.8. The Hall–Kier alpha value is -3.05. The summed E-state index contributed by atoms with van der Waals surface area (Å²) < 4.78 is 59.3. The van der Waals surface area contributed by atoms with Crippen molar-refractivity contribution in [3.63, 3.8) is 0 Å². The van der Waals surface area contributed by atoms with Crippen LogP contribution in [0.1, 0.15) is 4.88 Å². The number of alkyl halides is 4. The van der Waals surface area contributed by atoms with Crippen LogP contribution in [0.2, 0.25) is 0 Å². The summed E-state index contributed by atoms with van der Waals surface area (Å²) in [6.45, 7) is -6.10. The van der Waals surface area contributed by atoms with Crippen molar-refractivity contribution in [2.45, 2.75) is 19.8 Å². The third-order valence-corrected chi connectivity index (χ3v) is 4.49. The van der Waals surface area contributed by atoms with Gasteiger partial charge in [-0.25, -0.2) is 5.26 Å². The molecular formula is C18H14F4N2O4S. The molecule has 0 saturated heterocycles. The Kier molecular flexibility index (Phi) is 6.73. The lowest BCUT2D eigenvalue weighted by Gasteiger charge is -2.25. The minimum atomic E-state index is -3.22. The van der Waals surface area contributed by atoms with E-state index in [1.807, 2.05) is 0 Å². The molecule has 0 aliphatic heterocycles. The van der Waals surface area contributed by atoms with Crippen molar-refractivity contribution >= 4 is 22.7 Å². The number of ether oxygens (including phenoxy) is 2. The number of aromatic nitrogens is 1. The van der Waals surface area contributed by atoms with Crippen molar-refractivity contribution < 1.29 is 37.2 Å². The Balaban J connectivity index is 2.01. The quantitative estimate of drug-likeness (QED) is 0.273. The van der Waals surface area contributed by atoms with Gasteiger partial charge in [-0.1, -0.05) is 0 Å². The first-order chi connectivity index (χ1) is 14.0. The molecule has 29 heavy (non-hydrogen) atoms. The Morgan fingerprint density at radius 1 is 0.931 bits per heavy atom. The molecule has 0 unspecified atom stereocenters. The van der Waals surface area contributed by atoms with Crippen LogP contribution in [0.4, 0.5) is 28.9 Å². The number of halogens is 4. The molecule has 0 bridgehead atoms. The van der Waals surface area contributed by atoms with Gasteiger partial charge in [0.25, 0.3) is 0 Å². The lowest BCUT2D eigenvalue weighted by atomic mass is 10.2. The standard InChI is InChI=1S/C18H14F4N2O4S/c19-17(20)26-15-6-3-12(7-16(15)27-18(21)22)24(9-14-8-23-10-29-14)11-1-4-13(28-25)5-2-11/h1-8,10,17-18,25H,9H2. The summed E-state index contributed by atoms with van der Waals surface area (Å²) in [6, 6.07) is 10.0. The van der Waals surface area contributed by atoms with E-state index >= 15 is 0 Å². The average Bonchev–Trinajstić information content (AvgIpc) is 3.20. The fraction of sp³-hybridized carbons (Fsp3) is 0.167. The van der Waals surface area contributed by atoms with Crippen LogP contribution < -0.4 is 19.3 Å².